The van der Waals surface area contributed by atoms with Gasteiger partial charge in [-0.25, -0.2) is 0 Å². The number of nitrogens with one attached hydrogen (secondary N) is 1. The Morgan fingerprint density at radius 2 is 2.25 bits per heavy atom. The smallest absolute Gasteiger partial charge is 0.0849 e. The van der Waals surface area contributed by atoms with Gasteiger partial charge in [-0.15, -0.1) is 30.6 Å². The van der Waals surface area contributed by atoms with Crippen molar-refractivity contribution in [2.24, 2.45) is 5.92 Å². The topological polar surface area (TPSA) is 32.3 Å². The van der Waals surface area contributed by atoms with Crippen molar-refractivity contribution in [3.8, 4) is 0 Å². The van der Waals surface area contributed by atoms with Gasteiger partial charge in [-0.1, -0.05) is 42.5 Å². The summed E-state index contributed by atoms with van der Waals surface area (Å²) < 4.78 is 1.06. The number of hydrogen-bond acceptors (Lipinski definition) is 2. The highest BCUT2D eigenvalue weighted by Crippen LogP contribution is 2.33. The van der Waals surface area contributed by atoms with Crippen molar-refractivity contribution in [1.29, 1.82) is 0 Å². The van der Waals surface area contributed by atoms with Gasteiger partial charge in [-0.3, -0.25) is 0 Å². The van der Waals surface area contributed by atoms with Gasteiger partial charge in [-0.2, -0.15) is 0 Å². The van der Waals surface area contributed by atoms with Gasteiger partial charge in [0.05, 0.1) is 5.60 Å². The lowest BCUT2D eigenvalue weighted by Crippen LogP contribution is -2.43. The molecule has 0 amide bonds. The number of halogens is 2. The summed E-state index contributed by atoms with van der Waals surface area (Å²) in [6.07, 6.45) is 4.44. The monoisotopic (exact) mass is 451 g/mol. The second kappa shape index (κ2) is 7.53. The summed E-state index contributed by atoms with van der Waals surface area (Å²) in [4.78, 5) is 0. The van der Waals surface area contributed by atoms with E-state index in [9.17, 15) is 5.11 Å². The molecule has 0 bridgehead atoms. The molecule has 0 saturated carbocycles. The van der Waals surface area contributed by atoms with Gasteiger partial charge in [0.1, 0.15) is 0 Å². The molecular formula is C12H23I2NO. The fourth-order valence-electron chi connectivity index (χ4n) is 2.40. The minimum atomic E-state index is -0.568. The van der Waals surface area contributed by atoms with Gasteiger partial charge >= 0.3 is 0 Å². The Morgan fingerprint density at radius 1 is 1.62 bits per heavy atom. The van der Waals surface area contributed by atoms with E-state index in [-0.39, 0.29) is 30.0 Å². The van der Waals surface area contributed by atoms with Crippen molar-refractivity contribution < 1.29 is 5.11 Å². The Kier molecular flexibility index (Phi) is 8.06. The van der Waals surface area contributed by atoms with Crippen LogP contribution in [0.15, 0.2) is 12.7 Å². The molecule has 1 rings (SSSR count). The summed E-state index contributed by atoms with van der Waals surface area (Å²) in [6.45, 7) is 8.15. The first-order valence-corrected chi connectivity index (χ1v) is 7.19. The molecule has 0 aromatic heterocycles. The SMILES string of the molecule is C=CC[C@]1(O)C[C@H](CI)N[C@H]1CC(C)C.I. The van der Waals surface area contributed by atoms with Gasteiger partial charge < -0.3 is 10.4 Å². The zero-order valence-electron chi connectivity index (χ0n) is 10.1. The lowest BCUT2D eigenvalue weighted by Gasteiger charge is -2.29. The average Bonchev–Trinajstić information content (AvgIpc) is 2.43. The summed E-state index contributed by atoms with van der Waals surface area (Å²) in [5.74, 6) is 0.617. The Morgan fingerprint density at radius 3 is 2.69 bits per heavy atom. The van der Waals surface area contributed by atoms with Crippen molar-refractivity contribution in [3.05, 3.63) is 12.7 Å². The summed E-state index contributed by atoms with van der Waals surface area (Å²) in [5, 5.41) is 14.1. The van der Waals surface area contributed by atoms with Gasteiger partial charge in [0.25, 0.3) is 0 Å². The molecule has 1 saturated heterocycles. The molecule has 1 heterocycles. The zero-order chi connectivity index (χ0) is 11.5. The van der Waals surface area contributed by atoms with Crippen LogP contribution in [0.3, 0.4) is 0 Å². The molecule has 0 aromatic rings. The van der Waals surface area contributed by atoms with E-state index in [2.05, 4.69) is 48.3 Å². The van der Waals surface area contributed by atoms with E-state index >= 15 is 0 Å². The van der Waals surface area contributed by atoms with E-state index in [1.54, 1.807) is 0 Å². The summed E-state index contributed by atoms with van der Waals surface area (Å²) in [6, 6.07) is 0.689. The fraction of sp³-hybridized carbons (Fsp3) is 0.833. The third-order valence-electron chi connectivity index (χ3n) is 3.08. The zero-order valence-corrected chi connectivity index (χ0v) is 14.6. The van der Waals surface area contributed by atoms with Crippen LogP contribution in [0.5, 0.6) is 0 Å². The van der Waals surface area contributed by atoms with Crippen LogP contribution in [0.4, 0.5) is 0 Å². The van der Waals surface area contributed by atoms with Crippen molar-refractivity contribution >= 4 is 46.6 Å². The van der Waals surface area contributed by atoms with E-state index in [4.69, 9.17) is 0 Å². The Hall–Kier alpha value is 1.12. The number of hydrogen-bond donors (Lipinski definition) is 2. The lowest BCUT2D eigenvalue weighted by atomic mass is 9.85. The molecule has 1 fully saturated rings. The maximum absolute atomic E-state index is 10.6. The van der Waals surface area contributed by atoms with Gasteiger partial charge in [0.15, 0.2) is 0 Å². The maximum Gasteiger partial charge on any atom is 0.0849 e. The average molecular weight is 451 g/mol. The third kappa shape index (κ3) is 4.42. The van der Waals surface area contributed by atoms with Crippen LogP contribution in [0.25, 0.3) is 0 Å². The third-order valence-corrected chi connectivity index (χ3v) is 4.14. The predicted molar refractivity (Wildman–Crippen MR) is 88.8 cm³/mol. The van der Waals surface area contributed by atoms with Crippen LogP contribution in [0.1, 0.15) is 33.1 Å². The van der Waals surface area contributed by atoms with Crippen LogP contribution in [-0.2, 0) is 0 Å². The highest BCUT2D eigenvalue weighted by molar-refractivity contribution is 14.1. The van der Waals surface area contributed by atoms with Crippen LogP contribution in [0.2, 0.25) is 0 Å². The van der Waals surface area contributed by atoms with Gasteiger partial charge in [0, 0.05) is 16.5 Å². The molecule has 0 radical (unpaired) electrons. The second-order valence-corrected chi connectivity index (χ2v) is 5.88. The van der Waals surface area contributed by atoms with E-state index in [0.717, 1.165) is 17.3 Å². The highest BCUT2D eigenvalue weighted by Gasteiger charge is 2.44. The molecular weight excluding hydrogens is 428 g/mol. The molecule has 96 valence electrons. The lowest BCUT2D eigenvalue weighted by molar-refractivity contribution is 0.0236. The first kappa shape index (κ1) is 17.1. The molecule has 4 heteroatoms. The molecule has 3 atom stereocenters. The molecule has 0 spiro atoms. The largest absolute Gasteiger partial charge is 0.388 e. The first-order chi connectivity index (χ1) is 7.01. The minimum absolute atomic E-state index is 0. The summed E-state index contributed by atoms with van der Waals surface area (Å²) in [5.41, 5.74) is -0.568. The highest BCUT2D eigenvalue weighted by atomic mass is 127. The molecule has 16 heavy (non-hydrogen) atoms. The predicted octanol–water partition coefficient (Wildman–Crippen LogP) is 3.12. The van der Waals surface area contributed by atoms with Crippen LogP contribution in [0, 0.1) is 5.92 Å². The van der Waals surface area contributed by atoms with Crippen molar-refractivity contribution in [2.75, 3.05) is 4.43 Å². The maximum atomic E-state index is 10.6. The number of alkyl halides is 1. The summed E-state index contributed by atoms with van der Waals surface area (Å²) >= 11 is 2.38. The quantitative estimate of drug-likeness (QED) is 0.383. The van der Waals surface area contributed by atoms with Crippen LogP contribution < -0.4 is 5.32 Å². The van der Waals surface area contributed by atoms with E-state index in [1.807, 2.05) is 6.08 Å². The van der Waals surface area contributed by atoms with E-state index < -0.39 is 5.60 Å². The normalized spacial score (nSPS) is 33.8. The van der Waals surface area contributed by atoms with Gasteiger partial charge in [-0.05, 0) is 25.2 Å². The standard InChI is InChI=1S/C12H22INO.HI/c1-4-5-12(15)7-10(8-13)14-11(12)6-9(2)3;/h4,9-11,14-15H,1,5-8H2,2-3H3;1H/t10-,11+,12+;/m1./s1. The fourth-order valence-corrected chi connectivity index (χ4v) is 2.97. The van der Waals surface area contributed by atoms with Crippen LogP contribution >= 0.6 is 46.6 Å². The van der Waals surface area contributed by atoms with Crippen molar-refractivity contribution in [1.82, 2.24) is 5.32 Å². The van der Waals surface area contributed by atoms with Crippen LogP contribution in [-0.4, -0.2) is 27.2 Å². The van der Waals surface area contributed by atoms with E-state index in [0.29, 0.717) is 18.4 Å². The molecule has 0 aliphatic carbocycles. The van der Waals surface area contributed by atoms with E-state index in [1.165, 1.54) is 0 Å². The Bertz CT molecular complexity index is 223. The minimum Gasteiger partial charge on any atom is -0.388 e. The summed E-state index contributed by atoms with van der Waals surface area (Å²) in [7, 11) is 0. The van der Waals surface area contributed by atoms with Crippen molar-refractivity contribution in [2.45, 2.75) is 50.8 Å². The first-order valence-electron chi connectivity index (χ1n) is 5.67. The van der Waals surface area contributed by atoms with Gasteiger partial charge in [0.2, 0.25) is 0 Å². The number of aliphatic hydroxyl groups is 1. The Balaban J connectivity index is 0.00000225. The number of rotatable bonds is 5. The molecule has 0 unspecified atom stereocenters. The molecule has 2 nitrogen and oxygen atoms in total. The molecule has 2 N–H and O–H groups in total. The Labute approximate surface area is 130 Å². The van der Waals surface area contributed by atoms with Crippen molar-refractivity contribution in [3.63, 3.8) is 0 Å². The second-order valence-electron chi connectivity index (χ2n) is 5.00. The molecule has 1 aliphatic heterocycles. The molecule has 1 aliphatic rings. The molecule has 0 aromatic carbocycles.